The van der Waals surface area contributed by atoms with Crippen LogP contribution in [0.1, 0.15) is 34.6 Å². The van der Waals surface area contributed by atoms with Gasteiger partial charge in [-0.3, -0.25) is 28.8 Å². The van der Waals surface area contributed by atoms with Crippen LogP contribution in [0.5, 0.6) is 0 Å². The summed E-state index contributed by atoms with van der Waals surface area (Å²) in [6, 6.07) is 14.6. The molecule has 0 aliphatic carbocycles. The van der Waals surface area contributed by atoms with Gasteiger partial charge >= 0.3 is 0 Å². The van der Waals surface area contributed by atoms with Crippen LogP contribution in [0.3, 0.4) is 0 Å². The highest BCUT2D eigenvalue weighted by Crippen LogP contribution is 2.18. The summed E-state index contributed by atoms with van der Waals surface area (Å²) in [5.74, 6) is -0.300. The van der Waals surface area contributed by atoms with Gasteiger partial charge in [0, 0.05) is 11.1 Å². The molecule has 3 aromatic carbocycles. The number of rotatable bonds is 4. The number of Topliss-reactive ketones (excluding diaryl/α,β-unsaturated/α-hetero) is 2. The average Bonchev–Trinajstić information content (AvgIpc) is 3.22. The summed E-state index contributed by atoms with van der Waals surface area (Å²) >= 11 is 0. The Labute approximate surface area is 190 Å². The van der Waals surface area contributed by atoms with Gasteiger partial charge < -0.3 is 0 Å². The van der Waals surface area contributed by atoms with Crippen LogP contribution >= 0.6 is 0 Å². The van der Waals surface area contributed by atoms with E-state index >= 15 is 0 Å². The molecule has 0 radical (unpaired) electrons. The summed E-state index contributed by atoms with van der Waals surface area (Å²) in [6.07, 6.45) is 0. The quantitative estimate of drug-likeness (QED) is 0.387. The lowest BCUT2D eigenvalue weighted by molar-refractivity contribution is 0.100. The van der Waals surface area contributed by atoms with E-state index in [9.17, 15) is 28.8 Å². The second-order valence-electron chi connectivity index (χ2n) is 8.04. The van der Waals surface area contributed by atoms with E-state index in [1.807, 2.05) is 0 Å². The summed E-state index contributed by atoms with van der Waals surface area (Å²) in [7, 11) is 0. The van der Waals surface area contributed by atoms with Gasteiger partial charge in [-0.1, -0.05) is 0 Å². The van der Waals surface area contributed by atoms with Gasteiger partial charge in [0.2, 0.25) is 0 Å². The highest BCUT2D eigenvalue weighted by molar-refractivity contribution is 5.98. The van der Waals surface area contributed by atoms with Crippen LogP contribution in [-0.4, -0.2) is 20.7 Å². The molecule has 5 rings (SSSR count). The zero-order valence-electron chi connectivity index (χ0n) is 18.1. The van der Waals surface area contributed by atoms with E-state index in [1.165, 1.54) is 74.5 Å². The van der Waals surface area contributed by atoms with E-state index in [1.54, 1.807) is 0 Å². The Kier molecular flexibility index (Phi) is 4.61. The molecule has 8 heteroatoms. The second-order valence-corrected chi connectivity index (χ2v) is 8.04. The summed E-state index contributed by atoms with van der Waals surface area (Å²) in [5, 5.41) is 0.0901. The van der Waals surface area contributed by atoms with Crippen LogP contribution in [-0.2, 0) is 0 Å². The Morgan fingerprint density at radius 3 is 1.00 bits per heavy atom. The Hall–Kier alpha value is -4.72. The monoisotopic (exact) mass is 452 g/mol. The average molecular weight is 452 g/mol. The number of hydrogen-bond acceptors (Lipinski definition) is 6. The van der Waals surface area contributed by atoms with Gasteiger partial charge in [0.1, 0.15) is 0 Å². The van der Waals surface area contributed by atoms with E-state index in [0.29, 0.717) is 11.1 Å². The number of nitrogens with zero attached hydrogens (tertiary/aromatic N) is 2. The Balaban J connectivity index is 1.73. The molecule has 2 heterocycles. The Bertz CT molecular complexity index is 1650. The molecule has 5 aromatic rings. The Morgan fingerprint density at radius 2 is 0.765 bits per heavy atom. The molecule has 0 saturated heterocycles. The molecule has 0 bridgehead atoms. The van der Waals surface area contributed by atoms with Gasteiger partial charge in [-0.2, -0.15) is 0 Å². The van der Waals surface area contributed by atoms with Crippen molar-refractivity contribution in [2.24, 2.45) is 0 Å². The van der Waals surface area contributed by atoms with Crippen molar-refractivity contribution in [3.05, 3.63) is 113 Å². The van der Waals surface area contributed by atoms with Gasteiger partial charge in [-0.05, 0) is 74.5 Å². The number of hydrogen-bond donors (Lipinski definition) is 0. The van der Waals surface area contributed by atoms with Gasteiger partial charge in [0.05, 0.1) is 32.9 Å². The first-order valence-corrected chi connectivity index (χ1v) is 10.4. The van der Waals surface area contributed by atoms with Crippen LogP contribution < -0.4 is 22.2 Å². The third-order valence-electron chi connectivity index (χ3n) is 5.96. The number of benzene rings is 3. The molecule has 8 nitrogen and oxygen atoms in total. The third-order valence-corrected chi connectivity index (χ3v) is 5.96. The van der Waals surface area contributed by atoms with Gasteiger partial charge in [-0.25, -0.2) is 9.13 Å². The zero-order valence-corrected chi connectivity index (χ0v) is 18.1. The van der Waals surface area contributed by atoms with Crippen LogP contribution in [0.2, 0.25) is 0 Å². The topological polar surface area (TPSA) is 112 Å². The van der Waals surface area contributed by atoms with Crippen molar-refractivity contribution in [1.82, 2.24) is 9.13 Å². The number of aromatic nitrogens is 2. The van der Waals surface area contributed by atoms with Crippen LogP contribution in [0, 0.1) is 0 Å². The van der Waals surface area contributed by atoms with Crippen molar-refractivity contribution >= 4 is 33.1 Å². The molecule has 0 N–H and O–H groups in total. The lowest BCUT2D eigenvalue weighted by Crippen LogP contribution is -2.24. The molecule has 0 saturated carbocycles. The molecule has 0 atom stereocenters. The normalized spacial score (nSPS) is 11.4. The molecule has 166 valence electrons. The molecule has 0 amide bonds. The zero-order chi connectivity index (χ0) is 24.3. The minimum atomic E-state index is -0.622. The first kappa shape index (κ1) is 21.1. The number of ketones is 2. The number of carbonyl (C=O) groups is 2. The predicted molar refractivity (Wildman–Crippen MR) is 128 cm³/mol. The van der Waals surface area contributed by atoms with E-state index in [2.05, 4.69) is 0 Å². The van der Waals surface area contributed by atoms with Crippen LogP contribution in [0.25, 0.3) is 32.9 Å². The van der Waals surface area contributed by atoms with E-state index in [4.69, 9.17) is 0 Å². The van der Waals surface area contributed by atoms with Gasteiger partial charge in [0.15, 0.2) is 11.6 Å². The molecule has 2 aromatic heterocycles. The maximum Gasteiger partial charge on any atom is 0.266 e. The Morgan fingerprint density at radius 1 is 0.500 bits per heavy atom. The number of fused-ring (bicyclic) bond motifs is 2. The standard InChI is InChI=1S/C26H16N2O6/c1-13(29)15-3-7-17(8-4-15)27-23(31)19-11-21-22(12-20(19)24(27)32)26(34)28(25(21)33)18-9-5-16(6-10-18)14(2)30/h3-12H,1-2H3. The van der Waals surface area contributed by atoms with Crippen molar-refractivity contribution in [1.29, 1.82) is 0 Å². The van der Waals surface area contributed by atoms with Gasteiger partial charge in [0.25, 0.3) is 22.2 Å². The lowest BCUT2D eigenvalue weighted by Gasteiger charge is -2.01. The second kappa shape index (κ2) is 7.41. The SMILES string of the molecule is CC(=O)c1ccc(-n2c(=O)c3cc4c(=O)n(-c5ccc(C(C)=O)cc5)c(=O)c4cc3c2=O)cc1. The number of carbonyl (C=O) groups excluding carboxylic acids is 2. The van der Waals surface area contributed by atoms with Crippen molar-refractivity contribution in [3.63, 3.8) is 0 Å². The van der Waals surface area contributed by atoms with Crippen LogP contribution in [0.15, 0.2) is 79.8 Å². The minimum Gasteiger partial charge on any atom is -0.295 e. The first-order chi connectivity index (χ1) is 16.2. The molecule has 0 spiro atoms. The molecular formula is C26H16N2O6. The van der Waals surface area contributed by atoms with Crippen molar-refractivity contribution in [2.75, 3.05) is 0 Å². The smallest absolute Gasteiger partial charge is 0.266 e. The summed E-state index contributed by atoms with van der Waals surface area (Å²) in [4.78, 5) is 75.3. The van der Waals surface area contributed by atoms with Crippen molar-refractivity contribution in [3.8, 4) is 11.4 Å². The summed E-state index contributed by atoms with van der Waals surface area (Å²) < 4.78 is 1.91. The molecule has 0 aliphatic rings. The fourth-order valence-corrected chi connectivity index (χ4v) is 4.13. The molecule has 34 heavy (non-hydrogen) atoms. The largest absolute Gasteiger partial charge is 0.295 e. The lowest BCUT2D eigenvalue weighted by atomic mass is 10.1. The molecular weight excluding hydrogens is 436 g/mol. The summed E-state index contributed by atoms with van der Waals surface area (Å²) in [5.41, 5.74) is -1.06. The highest BCUT2D eigenvalue weighted by Gasteiger charge is 2.21. The van der Waals surface area contributed by atoms with Crippen molar-refractivity contribution < 1.29 is 9.59 Å². The first-order valence-electron chi connectivity index (χ1n) is 10.4. The predicted octanol–water partition coefficient (Wildman–Crippen LogP) is 2.30. The van der Waals surface area contributed by atoms with E-state index in [-0.39, 0.29) is 44.5 Å². The summed E-state index contributed by atoms with van der Waals surface area (Å²) in [6.45, 7) is 2.82. The minimum absolute atomic E-state index is 0.0225. The molecule has 0 aliphatic heterocycles. The van der Waals surface area contributed by atoms with Crippen LogP contribution in [0.4, 0.5) is 0 Å². The van der Waals surface area contributed by atoms with Gasteiger partial charge in [-0.15, -0.1) is 0 Å². The highest BCUT2D eigenvalue weighted by atomic mass is 16.2. The third kappa shape index (κ3) is 3.00. The molecule has 0 unspecified atom stereocenters. The maximum absolute atomic E-state index is 13.1. The van der Waals surface area contributed by atoms with E-state index < -0.39 is 22.2 Å². The van der Waals surface area contributed by atoms with Crippen molar-refractivity contribution in [2.45, 2.75) is 13.8 Å². The molecule has 0 fully saturated rings. The fourth-order valence-electron chi connectivity index (χ4n) is 4.13. The maximum atomic E-state index is 13.1. The van der Waals surface area contributed by atoms with E-state index in [0.717, 1.165) is 9.13 Å². The fraction of sp³-hybridized carbons (Fsp3) is 0.0769.